The number of nitrogens with zero attached hydrogens (tertiary/aromatic N) is 1. The number of methoxy groups -OCH3 is 1. The van der Waals surface area contributed by atoms with E-state index >= 15 is 0 Å². The molecule has 0 saturated carbocycles. The maximum Gasteiger partial charge on any atom is 0.160 e. The van der Waals surface area contributed by atoms with Crippen LogP contribution in [0.2, 0.25) is 0 Å². The Balaban J connectivity index is 2.32. The fraction of sp³-hybridized carbons (Fsp3) is 0.538. The van der Waals surface area contributed by atoms with Gasteiger partial charge in [0.25, 0.3) is 0 Å². The first-order valence-electron chi connectivity index (χ1n) is 5.94. The number of ether oxygens (including phenoxy) is 1. The van der Waals surface area contributed by atoms with E-state index in [0.29, 0.717) is 24.3 Å². The van der Waals surface area contributed by atoms with Gasteiger partial charge in [0.15, 0.2) is 11.5 Å². The maximum atomic E-state index is 9.60. The van der Waals surface area contributed by atoms with Gasteiger partial charge in [0.05, 0.1) is 7.11 Å². The number of likely N-dealkylation sites (tertiary alicyclic amines) is 1. The van der Waals surface area contributed by atoms with Crippen molar-refractivity contribution in [2.45, 2.75) is 12.5 Å². The molecular weight excluding hydrogens is 216 g/mol. The van der Waals surface area contributed by atoms with Gasteiger partial charge >= 0.3 is 0 Å². The minimum absolute atomic E-state index is 0.182. The van der Waals surface area contributed by atoms with Crippen molar-refractivity contribution in [2.24, 2.45) is 11.7 Å². The Morgan fingerprint density at radius 2 is 2.29 bits per heavy atom. The van der Waals surface area contributed by atoms with Crippen LogP contribution < -0.4 is 10.5 Å². The van der Waals surface area contributed by atoms with Gasteiger partial charge in [-0.1, -0.05) is 6.07 Å². The van der Waals surface area contributed by atoms with Crippen LogP contribution in [0.15, 0.2) is 18.2 Å². The molecule has 1 heterocycles. The zero-order valence-electron chi connectivity index (χ0n) is 10.4. The van der Waals surface area contributed by atoms with Crippen LogP contribution in [0.3, 0.4) is 0 Å². The van der Waals surface area contributed by atoms with Crippen LogP contribution in [0.25, 0.3) is 0 Å². The second kappa shape index (κ2) is 4.94. The maximum absolute atomic E-state index is 9.60. The van der Waals surface area contributed by atoms with Gasteiger partial charge in [-0.2, -0.15) is 0 Å². The van der Waals surface area contributed by atoms with Crippen LogP contribution in [-0.4, -0.2) is 37.3 Å². The van der Waals surface area contributed by atoms with E-state index in [0.717, 1.165) is 18.5 Å². The lowest BCUT2D eigenvalue weighted by molar-refractivity contribution is 0.278. The number of phenols is 1. The van der Waals surface area contributed by atoms with Crippen molar-refractivity contribution >= 4 is 0 Å². The van der Waals surface area contributed by atoms with Crippen molar-refractivity contribution in [1.82, 2.24) is 4.90 Å². The molecule has 3 N–H and O–H groups in total. The third kappa shape index (κ3) is 2.23. The van der Waals surface area contributed by atoms with Crippen molar-refractivity contribution in [3.05, 3.63) is 23.8 Å². The molecule has 1 aliphatic rings. The van der Waals surface area contributed by atoms with Crippen LogP contribution in [0.1, 0.15) is 18.0 Å². The van der Waals surface area contributed by atoms with Crippen LogP contribution in [0.5, 0.6) is 11.5 Å². The Morgan fingerprint density at radius 3 is 2.94 bits per heavy atom. The van der Waals surface area contributed by atoms with Crippen molar-refractivity contribution in [3.8, 4) is 11.5 Å². The molecule has 0 radical (unpaired) electrons. The highest BCUT2D eigenvalue weighted by Gasteiger charge is 2.32. The number of hydrogen-bond acceptors (Lipinski definition) is 4. The summed E-state index contributed by atoms with van der Waals surface area (Å²) in [6.45, 7) is 1.76. The Morgan fingerprint density at radius 1 is 1.53 bits per heavy atom. The first-order chi connectivity index (χ1) is 8.17. The summed E-state index contributed by atoms with van der Waals surface area (Å²) in [7, 11) is 3.68. The molecule has 94 valence electrons. The molecule has 1 saturated heterocycles. The summed E-state index contributed by atoms with van der Waals surface area (Å²) in [6, 6.07) is 5.88. The summed E-state index contributed by atoms with van der Waals surface area (Å²) < 4.78 is 5.15. The number of hydrogen-bond donors (Lipinski definition) is 2. The molecule has 4 nitrogen and oxygen atoms in total. The molecule has 0 bridgehead atoms. The largest absolute Gasteiger partial charge is 0.504 e. The van der Waals surface area contributed by atoms with Gasteiger partial charge in [-0.25, -0.2) is 0 Å². The van der Waals surface area contributed by atoms with Gasteiger partial charge in [-0.3, -0.25) is 4.90 Å². The van der Waals surface area contributed by atoms with Crippen molar-refractivity contribution < 1.29 is 9.84 Å². The van der Waals surface area contributed by atoms with Crippen molar-refractivity contribution in [2.75, 3.05) is 27.2 Å². The topological polar surface area (TPSA) is 58.7 Å². The highest BCUT2D eigenvalue weighted by Crippen LogP contribution is 2.38. The fourth-order valence-corrected chi connectivity index (χ4v) is 2.68. The van der Waals surface area contributed by atoms with E-state index < -0.39 is 0 Å². The van der Waals surface area contributed by atoms with Gasteiger partial charge in [-0.05, 0) is 50.2 Å². The number of aromatic hydroxyl groups is 1. The Hall–Kier alpha value is -1.26. The summed E-state index contributed by atoms with van der Waals surface area (Å²) in [6.07, 6.45) is 1.13. The second-order valence-electron chi connectivity index (χ2n) is 4.64. The van der Waals surface area contributed by atoms with Crippen LogP contribution in [-0.2, 0) is 0 Å². The standard InChI is InChI=1S/C13H20N2O2/c1-15-6-5-10(8-14)13(15)9-3-4-11(16)12(7-9)17-2/h3-4,7,10,13,16H,5-6,8,14H2,1-2H3. The second-order valence-corrected chi connectivity index (χ2v) is 4.64. The van der Waals surface area contributed by atoms with Gasteiger partial charge in [0.2, 0.25) is 0 Å². The summed E-state index contributed by atoms with van der Waals surface area (Å²) in [5, 5.41) is 9.60. The van der Waals surface area contributed by atoms with Gasteiger partial charge < -0.3 is 15.6 Å². The number of phenolic OH excluding ortho intramolecular Hbond substituents is 1. The molecule has 1 aliphatic heterocycles. The molecule has 17 heavy (non-hydrogen) atoms. The first kappa shape index (κ1) is 12.2. The quantitative estimate of drug-likeness (QED) is 0.831. The normalized spacial score (nSPS) is 25.1. The molecule has 2 unspecified atom stereocenters. The van der Waals surface area contributed by atoms with E-state index in [1.54, 1.807) is 13.2 Å². The molecule has 0 aromatic heterocycles. The molecular formula is C13H20N2O2. The van der Waals surface area contributed by atoms with Crippen LogP contribution in [0, 0.1) is 5.92 Å². The van der Waals surface area contributed by atoms with E-state index in [-0.39, 0.29) is 5.75 Å². The predicted octanol–water partition coefficient (Wildman–Crippen LogP) is 1.35. The van der Waals surface area contributed by atoms with E-state index in [2.05, 4.69) is 11.9 Å². The minimum Gasteiger partial charge on any atom is -0.504 e. The van der Waals surface area contributed by atoms with Crippen LogP contribution >= 0.6 is 0 Å². The summed E-state index contributed by atoms with van der Waals surface area (Å²) in [4.78, 5) is 2.31. The van der Waals surface area contributed by atoms with E-state index in [1.165, 1.54) is 0 Å². The Kier molecular flexibility index (Phi) is 3.54. The lowest BCUT2D eigenvalue weighted by atomic mass is 9.93. The van der Waals surface area contributed by atoms with Gasteiger partial charge in [0.1, 0.15) is 0 Å². The van der Waals surface area contributed by atoms with E-state index in [4.69, 9.17) is 10.5 Å². The minimum atomic E-state index is 0.182. The zero-order chi connectivity index (χ0) is 12.4. The molecule has 4 heteroatoms. The van der Waals surface area contributed by atoms with Crippen molar-refractivity contribution in [1.29, 1.82) is 0 Å². The molecule has 1 aromatic rings. The van der Waals surface area contributed by atoms with Crippen molar-refractivity contribution in [3.63, 3.8) is 0 Å². The SMILES string of the molecule is COc1cc(C2C(CN)CCN2C)ccc1O. The van der Waals surface area contributed by atoms with Crippen LogP contribution in [0.4, 0.5) is 0 Å². The number of nitrogens with two attached hydrogens (primary N) is 1. The summed E-state index contributed by atoms with van der Waals surface area (Å²) in [5.41, 5.74) is 6.98. The lowest BCUT2D eigenvalue weighted by Gasteiger charge is -2.25. The third-order valence-electron chi connectivity index (χ3n) is 3.62. The third-order valence-corrected chi connectivity index (χ3v) is 3.62. The Bertz CT molecular complexity index is 395. The number of benzene rings is 1. The molecule has 2 atom stereocenters. The average Bonchev–Trinajstić information content (AvgIpc) is 2.71. The highest BCUT2D eigenvalue weighted by molar-refractivity contribution is 5.43. The predicted molar refractivity (Wildman–Crippen MR) is 67.2 cm³/mol. The summed E-state index contributed by atoms with van der Waals surface area (Å²) >= 11 is 0. The smallest absolute Gasteiger partial charge is 0.160 e. The summed E-state index contributed by atoms with van der Waals surface area (Å²) in [5.74, 6) is 1.19. The van der Waals surface area contributed by atoms with E-state index in [1.807, 2.05) is 12.1 Å². The zero-order valence-corrected chi connectivity index (χ0v) is 10.4. The lowest BCUT2D eigenvalue weighted by Crippen LogP contribution is -2.25. The van der Waals surface area contributed by atoms with E-state index in [9.17, 15) is 5.11 Å². The van der Waals surface area contributed by atoms with Gasteiger partial charge in [0, 0.05) is 6.04 Å². The molecule has 0 aliphatic carbocycles. The number of rotatable bonds is 3. The Labute approximate surface area is 102 Å². The first-order valence-corrected chi connectivity index (χ1v) is 5.94. The molecule has 2 rings (SSSR count). The molecule has 1 aromatic carbocycles. The highest BCUT2D eigenvalue weighted by atomic mass is 16.5. The fourth-order valence-electron chi connectivity index (χ4n) is 2.68. The molecule has 0 amide bonds. The molecule has 0 spiro atoms. The van der Waals surface area contributed by atoms with Gasteiger partial charge in [-0.15, -0.1) is 0 Å². The monoisotopic (exact) mass is 236 g/mol. The molecule has 1 fully saturated rings. The average molecular weight is 236 g/mol.